The Bertz CT molecular complexity index is 585. The first-order chi connectivity index (χ1) is 15.3. The lowest BCUT2D eigenvalue weighted by Crippen LogP contribution is -2.14. The third-order valence-electron chi connectivity index (χ3n) is 6.13. The molecule has 0 aliphatic rings. The molecule has 0 aromatic heterocycles. The molecule has 0 fully saturated rings. The Hall–Kier alpha value is -0.700. The Morgan fingerprint density at radius 1 is 0.484 bits per heavy atom. The molecule has 0 saturated heterocycles. The van der Waals surface area contributed by atoms with Gasteiger partial charge in [-0.1, -0.05) is 139 Å². The van der Waals surface area contributed by atoms with Crippen molar-refractivity contribution < 1.29 is 0 Å². The average molecular weight is 457 g/mol. The van der Waals surface area contributed by atoms with Crippen LogP contribution in [0.4, 0.5) is 0 Å². The van der Waals surface area contributed by atoms with E-state index < -0.39 is 0 Å². The van der Waals surface area contributed by atoms with Crippen LogP contribution in [0, 0.1) is 0 Å². The van der Waals surface area contributed by atoms with Gasteiger partial charge in [-0.3, -0.25) is 0 Å². The molecule has 0 saturated carbocycles. The minimum atomic E-state index is -0.222. The van der Waals surface area contributed by atoms with Crippen molar-refractivity contribution in [1.29, 1.82) is 0 Å². The van der Waals surface area contributed by atoms with Crippen LogP contribution in [0.2, 0.25) is 0 Å². The molecule has 31 heavy (non-hydrogen) atoms. The van der Waals surface area contributed by atoms with Crippen LogP contribution in [0.3, 0.4) is 0 Å². The van der Waals surface area contributed by atoms with Gasteiger partial charge in [-0.05, 0) is 49.6 Å². The molecule has 0 amide bonds. The third kappa shape index (κ3) is 11.6. The predicted octanol–water partition coefficient (Wildman–Crippen LogP) is 9.28. The maximum Gasteiger partial charge on any atom is -0.00399 e. The van der Waals surface area contributed by atoms with Crippen LogP contribution >= 0.6 is 15.8 Å². The average Bonchev–Trinajstić information content (AvgIpc) is 2.82. The summed E-state index contributed by atoms with van der Waals surface area (Å²) in [5.74, 6) is 1.43. The molecule has 0 spiro atoms. The van der Waals surface area contributed by atoms with Crippen molar-refractivity contribution >= 4 is 26.5 Å². The highest BCUT2D eigenvalue weighted by atomic mass is 31.2. The molecule has 0 N–H and O–H groups in total. The van der Waals surface area contributed by atoms with Crippen LogP contribution in [-0.4, -0.2) is 18.2 Å². The van der Waals surface area contributed by atoms with Gasteiger partial charge in [0.2, 0.25) is 0 Å². The van der Waals surface area contributed by atoms with E-state index in [1.54, 1.807) is 10.6 Å². The lowest BCUT2D eigenvalue weighted by Gasteiger charge is -2.26. The van der Waals surface area contributed by atoms with E-state index in [9.17, 15) is 0 Å². The number of rotatable bonds is 18. The van der Waals surface area contributed by atoms with Crippen LogP contribution in [-0.2, 0) is 0 Å². The summed E-state index contributed by atoms with van der Waals surface area (Å²) in [6.07, 6.45) is 20.1. The lowest BCUT2D eigenvalue weighted by molar-refractivity contribution is 0.622. The summed E-state index contributed by atoms with van der Waals surface area (Å²) in [6, 6.07) is 22.8. The molecule has 0 aliphatic heterocycles. The van der Waals surface area contributed by atoms with Gasteiger partial charge in [0.1, 0.15) is 0 Å². The van der Waals surface area contributed by atoms with Crippen molar-refractivity contribution in [2.45, 2.75) is 90.9 Å². The van der Waals surface area contributed by atoms with E-state index in [-0.39, 0.29) is 15.8 Å². The third-order valence-corrected chi connectivity index (χ3v) is 12.6. The maximum atomic E-state index is 2.38. The number of unbranched alkanes of at least 4 members (excludes halogenated alkanes) is 10. The fourth-order valence-corrected chi connectivity index (χ4v) is 11.2. The molecule has 172 valence electrons. The summed E-state index contributed by atoms with van der Waals surface area (Å²) in [6.45, 7) is 4.63. The smallest absolute Gasteiger partial charge is 0.00399 e. The van der Waals surface area contributed by atoms with E-state index in [2.05, 4.69) is 74.5 Å². The Balaban J connectivity index is 1.97. The monoisotopic (exact) mass is 456 g/mol. The summed E-state index contributed by atoms with van der Waals surface area (Å²) < 4.78 is 0. The normalized spacial score (nSPS) is 11.5. The summed E-state index contributed by atoms with van der Waals surface area (Å²) >= 11 is 0. The molecule has 0 bridgehead atoms. The summed E-state index contributed by atoms with van der Waals surface area (Å²) in [7, 11) is -0.0892. The summed E-state index contributed by atoms with van der Waals surface area (Å²) in [5, 5.41) is 3.14. The van der Waals surface area contributed by atoms with Crippen LogP contribution in [0.5, 0.6) is 0 Å². The van der Waals surface area contributed by atoms with Crippen molar-refractivity contribution in [1.82, 2.24) is 0 Å². The summed E-state index contributed by atoms with van der Waals surface area (Å²) in [5.41, 5.74) is 0. The zero-order chi connectivity index (χ0) is 22.0. The van der Waals surface area contributed by atoms with Gasteiger partial charge in [-0.2, -0.15) is 0 Å². The van der Waals surface area contributed by atoms with Gasteiger partial charge in [-0.25, -0.2) is 0 Å². The Kier molecular flexibility index (Phi) is 15.3. The minimum Gasteiger partial charge on any atom is -0.102 e. The Morgan fingerprint density at radius 3 is 1.29 bits per heavy atom. The number of hydrogen-bond donors (Lipinski definition) is 0. The van der Waals surface area contributed by atoms with Gasteiger partial charge >= 0.3 is 0 Å². The largest absolute Gasteiger partial charge is 0.102 e. The molecule has 0 heterocycles. The van der Waals surface area contributed by atoms with E-state index in [0.29, 0.717) is 0 Å². The molecular formula is C29H46P2. The maximum absolute atomic E-state index is 2.38. The van der Waals surface area contributed by atoms with E-state index in [1.165, 1.54) is 95.3 Å². The molecule has 0 atom stereocenters. The van der Waals surface area contributed by atoms with Gasteiger partial charge < -0.3 is 0 Å². The predicted molar refractivity (Wildman–Crippen MR) is 147 cm³/mol. The fraction of sp³-hybridized carbons (Fsp3) is 0.586. The zero-order valence-electron chi connectivity index (χ0n) is 20.3. The number of benzene rings is 2. The minimum absolute atomic E-state index is 0.133. The second-order valence-electron chi connectivity index (χ2n) is 8.89. The topological polar surface area (TPSA) is 0 Å². The summed E-state index contributed by atoms with van der Waals surface area (Å²) in [4.78, 5) is 0. The lowest BCUT2D eigenvalue weighted by atomic mass is 10.1. The molecule has 0 radical (unpaired) electrons. The first kappa shape index (κ1) is 26.6. The van der Waals surface area contributed by atoms with E-state index in [1.807, 2.05) is 0 Å². The van der Waals surface area contributed by atoms with Gasteiger partial charge in [0.05, 0.1) is 0 Å². The Morgan fingerprint density at radius 2 is 0.871 bits per heavy atom. The first-order valence-electron chi connectivity index (χ1n) is 12.9. The zero-order valence-corrected chi connectivity index (χ0v) is 22.1. The van der Waals surface area contributed by atoms with E-state index >= 15 is 0 Å². The second kappa shape index (κ2) is 17.8. The number of hydrogen-bond acceptors (Lipinski definition) is 0. The van der Waals surface area contributed by atoms with Crippen LogP contribution in [0.15, 0.2) is 60.7 Å². The quantitative estimate of drug-likeness (QED) is 0.155. The molecule has 2 aromatic carbocycles. The van der Waals surface area contributed by atoms with Gasteiger partial charge in [0, 0.05) is 0 Å². The molecule has 0 aliphatic carbocycles. The molecule has 2 heteroatoms. The van der Waals surface area contributed by atoms with Crippen LogP contribution in [0.25, 0.3) is 0 Å². The van der Waals surface area contributed by atoms with E-state index in [0.717, 1.165) is 0 Å². The molecule has 2 aromatic rings. The molecule has 0 unspecified atom stereocenters. The highest BCUT2D eigenvalue weighted by Gasteiger charge is 2.19. The molecule has 2 rings (SSSR count). The van der Waals surface area contributed by atoms with Crippen molar-refractivity contribution in [3.8, 4) is 0 Å². The standard InChI is InChI=1S/C29H46P2/c1-3-5-7-9-11-19-25-30(26-20-12-10-8-6-4-2)27-31(28-21-15-13-16-22-28)29-23-17-14-18-24-29/h13-18,21-24H,3-12,19-20,25-27H2,1-2H3. The molecule has 0 nitrogen and oxygen atoms in total. The van der Waals surface area contributed by atoms with Crippen LogP contribution < -0.4 is 10.6 Å². The molecular weight excluding hydrogens is 410 g/mol. The SMILES string of the molecule is CCCCCCCCP(CCCCCCCC)CP(c1ccccc1)c1ccccc1. The van der Waals surface area contributed by atoms with E-state index in [4.69, 9.17) is 0 Å². The van der Waals surface area contributed by atoms with Crippen molar-refractivity contribution in [3.63, 3.8) is 0 Å². The van der Waals surface area contributed by atoms with Crippen molar-refractivity contribution in [2.24, 2.45) is 0 Å². The van der Waals surface area contributed by atoms with Gasteiger partial charge in [0.25, 0.3) is 0 Å². The highest BCUT2D eigenvalue weighted by molar-refractivity contribution is 7.83. The first-order valence-corrected chi connectivity index (χ1v) is 16.4. The Labute approximate surface area is 196 Å². The second-order valence-corrected chi connectivity index (χ2v) is 14.2. The fourth-order valence-electron chi connectivity index (χ4n) is 4.21. The van der Waals surface area contributed by atoms with Gasteiger partial charge in [0.15, 0.2) is 0 Å². The van der Waals surface area contributed by atoms with Gasteiger partial charge in [-0.15, -0.1) is 7.92 Å². The highest BCUT2D eigenvalue weighted by Crippen LogP contribution is 2.51. The van der Waals surface area contributed by atoms with Crippen molar-refractivity contribution in [2.75, 3.05) is 18.2 Å². The van der Waals surface area contributed by atoms with Crippen molar-refractivity contribution in [3.05, 3.63) is 60.7 Å². The van der Waals surface area contributed by atoms with Crippen LogP contribution in [0.1, 0.15) is 90.9 Å².